The number of anilines is 1. The summed E-state index contributed by atoms with van der Waals surface area (Å²) in [7, 11) is 1.68. The minimum absolute atomic E-state index is 0.122. The second-order valence-corrected chi connectivity index (χ2v) is 9.43. The topological polar surface area (TPSA) is 50.6 Å². The number of amides is 1. The number of rotatable bonds is 6. The van der Waals surface area contributed by atoms with Gasteiger partial charge in [0.05, 0.1) is 18.5 Å². The van der Waals surface area contributed by atoms with Crippen molar-refractivity contribution in [3.63, 3.8) is 0 Å². The van der Waals surface area contributed by atoms with Crippen LogP contribution in [0.15, 0.2) is 72.2 Å². The van der Waals surface area contributed by atoms with Gasteiger partial charge in [0.15, 0.2) is 0 Å². The van der Waals surface area contributed by atoms with Gasteiger partial charge in [0.1, 0.15) is 17.3 Å². The van der Waals surface area contributed by atoms with Crippen LogP contribution in [0.4, 0.5) is 5.69 Å². The number of halogens is 1. The van der Waals surface area contributed by atoms with E-state index < -0.39 is 0 Å². The van der Waals surface area contributed by atoms with Crippen molar-refractivity contribution >= 4 is 34.5 Å². The third-order valence-corrected chi connectivity index (χ3v) is 7.17. The Balaban J connectivity index is 1.23. The Labute approximate surface area is 208 Å². The second-order valence-electron chi connectivity index (χ2n) is 8.14. The van der Waals surface area contributed by atoms with E-state index in [9.17, 15) is 4.79 Å². The number of aromatic nitrogens is 2. The summed E-state index contributed by atoms with van der Waals surface area (Å²) in [6, 6.07) is 19.7. The summed E-state index contributed by atoms with van der Waals surface area (Å²) in [6.45, 7) is 3.30. The minimum Gasteiger partial charge on any atom is -0.497 e. The van der Waals surface area contributed by atoms with Gasteiger partial charge < -0.3 is 19.1 Å². The molecule has 0 saturated carbocycles. The van der Waals surface area contributed by atoms with Crippen LogP contribution >= 0.6 is 22.9 Å². The molecule has 0 bridgehead atoms. The van der Waals surface area contributed by atoms with Gasteiger partial charge in [0.2, 0.25) is 5.91 Å². The molecule has 1 fully saturated rings. The van der Waals surface area contributed by atoms with Gasteiger partial charge in [-0.3, -0.25) is 4.79 Å². The van der Waals surface area contributed by atoms with E-state index in [1.54, 1.807) is 18.4 Å². The maximum Gasteiger partial charge on any atom is 0.242 e. The fourth-order valence-corrected chi connectivity index (χ4v) is 5.15. The molecule has 1 aliphatic rings. The number of nitrogens with zero attached hydrogens (tertiary/aromatic N) is 4. The van der Waals surface area contributed by atoms with Gasteiger partial charge in [-0.15, -0.1) is 11.3 Å². The summed E-state index contributed by atoms with van der Waals surface area (Å²) < 4.78 is 7.33. The number of methoxy groups -OCH3 is 1. The van der Waals surface area contributed by atoms with Crippen LogP contribution < -0.4 is 9.64 Å². The Morgan fingerprint density at radius 1 is 1.06 bits per heavy atom. The third-order valence-electron chi connectivity index (χ3n) is 6.05. The number of hydrogen-bond donors (Lipinski definition) is 0. The fraction of sp³-hybridized carbons (Fsp3) is 0.231. The Kier molecular flexibility index (Phi) is 6.56. The monoisotopic (exact) mass is 492 g/mol. The smallest absolute Gasteiger partial charge is 0.242 e. The molecule has 0 radical (unpaired) electrons. The van der Waals surface area contributed by atoms with Gasteiger partial charge in [-0.05, 0) is 36.4 Å². The van der Waals surface area contributed by atoms with Crippen LogP contribution in [0.5, 0.6) is 5.75 Å². The molecule has 1 saturated heterocycles. The molecule has 4 aromatic rings. The maximum atomic E-state index is 13.1. The van der Waals surface area contributed by atoms with Crippen molar-refractivity contribution in [3.8, 4) is 27.7 Å². The molecule has 34 heavy (non-hydrogen) atoms. The molecule has 0 spiro atoms. The Bertz CT molecular complexity index is 1280. The minimum atomic E-state index is 0.122. The van der Waals surface area contributed by atoms with E-state index in [2.05, 4.69) is 11.0 Å². The highest BCUT2D eigenvalue weighted by Gasteiger charge is 2.22. The second kappa shape index (κ2) is 9.91. The van der Waals surface area contributed by atoms with Gasteiger partial charge in [-0.1, -0.05) is 29.8 Å². The summed E-state index contributed by atoms with van der Waals surface area (Å²) in [4.78, 5) is 22.1. The third kappa shape index (κ3) is 4.81. The molecule has 1 aliphatic heterocycles. The van der Waals surface area contributed by atoms with Crippen LogP contribution in [0.3, 0.4) is 0 Å². The Morgan fingerprint density at radius 2 is 1.85 bits per heavy atom. The zero-order valence-electron chi connectivity index (χ0n) is 18.9. The molecule has 0 atom stereocenters. The largest absolute Gasteiger partial charge is 0.497 e. The Hall–Kier alpha value is -3.29. The number of ether oxygens (including phenoxy) is 1. The molecule has 0 unspecified atom stereocenters. The lowest BCUT2D eigenvalue weighted by atomic mass is 10.2. The van der Waals surface area contributed by atoms with Crippen LogP contribution in [-0.4, -0.2) is 53.6 Å². The van der Waals surface area contributed by atoms with E-state index in [1.807, 2.05) is 75.6 Å². The summed E-state index contributed by atoms with van der Waals surface area (Å²) in [5, 5.41) is 3.64. The van der Waals surface area contributed by atoms with E-state index in [0.29, 0.717) is 24.7 Å². The highest BCUT2D eigenvalue weighted by molar-refractivity contribution is 7.13. The van der Waals surface area contributed by atoms with E-state index in [4.69, 9.17) is 21.3 Å². The number of piperazine rings is 1. The highest BCUT2D eigenvalue weighted by atomic mass is 35.5. The summed E-state index contributed by atoms with van der Waals surface area (Å²) in [5.74, 6) is 0.967. The van der Waals surface area contributed by atoms with Crippen LogP contribution in [-0.2, 0) is 11.3 Å². The highest BCUT2D eigenvalue weighted by Crippen LogP contribution is 2.30. The lowest BCUT2D eigenvalue weighted by Crippen LogP contribution is -2.49. The molecule has 0 N–H and O–H groups in total. The first kappa shape index (κ1) is 22.5. The number of thiazole rings is 1. The van der Waals surface area contributed by atoms with Crippen molar-refractivity contribution in [3.05, 3.63) is 77.3 Å². The molecule has 2 aromatic carbocycles. The number of carbonyl (C=O) groups excluding carboxylic acids is 1. The first-order valence-corrected chi connectivity index (χ1v) is 12.4. The molecule has 0 aliphatic carbocycles. The summed E-state index contributed by atoms with van der Waals surface area (Å²) in [5.41, 5.74) is 4.01. The standard InChI is InChI=1S/C26H25ClN4O2S/c1-33-22-5-2-4-21(16-22)29-12-14-30(15-13-29)25(32)17-31-11-3-6-24(31)26-28-23(18-34-26)19-7-9-20(27)10-8-19/h2-11,16,18H,12-15,17H2,1H3. The molecular formula is C26H25ClN4O2S. The average Bonchev–Trinajstić information content (AvgIpc) is 3.54. The van der Waals surface area contributed by atoms with Crippen molar-refractivity contribution in [2.75, 3.05) is 38.2 Å². The maximum absolute atomic E-state index is 13.1. The number of hydrogen-bond acceptors (Lipinski definition) is 5. The molecule has 6 nitrogen and oxygen atoms in total. The van der Waals surface area contributed by atoms with Crippen LogP contribution in [0, 0.1) is 0 Å². The number of carbonyl (C=O) groups is 1. The first-order chi connectivity index (χ1) is 16.6. The van der Waals surface area contributed by atoms with Crippen molar-refractivity contribution in [2.45, 2.75) is 6.54 Å². The normalized spacial score (nSPS) is 13.8. The van der Waals surface area contributed by atoms with Gasteiger partial charge in [0.25, 0.3) is 0 Å². The summed E-state index contributed by atoms with van der Waals surface area (Å²) in [6.07, 6.45) is 1.95. The molecular weight excluding hydrogens is 468 g/mol. The molecule has 8 heteroatoms. The number of benzene rings is 2. The van der Waals surface area contributed by atoms with E-state index in [1.165, 1.54) is 0 Å². The van der Waals surface area contributed by atoms with Gasteiger partial charge >= 0.3 is 0 Å². The molecule has 3 heterocycles. The average molecular weight is 493 g/mol. The molecule has 1 amide bonds. The summed E-state index contributed by atoms with van der Waals surface area (Å²) >= 11 is 7.58. The van der Waals surface area contributed by atoms with E-state index in [0.717, 1.165) is 46.5 Å². The zero-order chi connectivity index (χ0) is 23.5. The van der Waals surface area contributed by atoms with Crippen molar-refractivity contribution in [2.24, 2.45) is 0 Å². The van der Waals surface area contributed by atoms with E-state index in [-0.39, 0.29) is 5.91 Å². The van der Waals surface area contributed by atoms with E-state index >= 15 is 0 Å². The van der Waals surface area contributed by atoms with Gasteiger partial charge in [-0.25, -0.2) is 4.98 Å². The van der Waals surface area contributed by atoms with Crippen LogP contribution in [0.25, 0.3) is 22.0 Å². The molecule has 174 valence electrons. The zero-order valence-corrected chi connectivity index (χ0v) is 20.4. The van der Waals surface area contributed by atoms with Crippen molar-refractivity contribution < 1.29 is 9.53 Å². The van der Waals surface area contributed by atoms with Crippen LogP contribution in [0.2, 0.25) is 5.02 Å². The van der Waals surface area contributed by atoms with Gasteiger partial charge in [-0.2, -0.15) is 0 Å². The predicted octanol–water partition coefficient (Wildman–Crippen LogP) is 5.29. The van der Waals surface area contributed by atoms with Crippen molar-refractivity contribution in [1.82, 2.24) is 14.5 Å². The molecule has 5 rings (SSSR count). The quantitative estimate of drug-likeness (QED) is 0.367. The predicted molar refractivity (Wildman–Crippen MR) is 138 cm³/mol. The van der Waals surface area contributed by atoms with Crippen molar-refractivity contribution in [1.29, 1.82) is 0 Å². The van der Waals surface area contributed by atoms with Crippen LogP contribution in [0.1, 0.15) is 0 Å². The molecule has 2 aromatic heterocycles. The Morgan fingerprint density at radius 3 is 2.62 bits per heavy atom. The van der Waals surface area contributed by atoms with Gasteiger partial charge in [0, 0.05) is 60.1 Å². The first-order valence-electron chi connectivity index (χ1n) is 11.1. The fourth-order valence-electron chi connectivity index (χ4n) is 4.16. The lowest BCUT2D eigenvalue weighted by molar-refractivity contribution is -0.132. The lowest BCUT2D eigenvalue weighted by Gasteiger charge is -2.36. The SMILES string of the molecule is COc1cccc(N2CCN(C(=O)Cn3cccc3-c3nc(-c4ccc(Cl)cc4)cs3)CC2)c1.